The number of thioether (sulfide) groups is 1. The molecule has 0 atom stereocenters. The third-order valence-corrected chi connectivity index (χ3v) is 10.0. The van der Waals surface area contributed by atoms with E-state index in [9.17, 15) is 21.6 Å². The van der Waals surface area contributed by atoms with Crippen LogP contribution in [0.25, 0.3) is 0 Å². The van der Waals surface area contributed by atoms with E-state index in [-0.39, 0.29) is 21.4 Å². The zero-order valence-corrected chi connectivity index (χ0v) is 24.1. The van der Waals surface area contributed by atoms with Crippen molar-refractivity contribution in [1.29, 1.82) is 0 Å². The predicted molar refractivity (Wildman–Crippen MR) is 152 cm³/mol. The summed E-state index contributed by atoms with van der Waals surface area (Å²) < 4.78 is 57.0. The Kier molecular flexibility index (Phi) is 8.61. The molecule has 3 aromatic rings. The molecule has 1 fully saturated rings. The van der Waals surface area contributed by atoms with Gasteiger partial charge in [-0.3, -0.25) is 14.2 Å². The monoisotopic (exact) mass is 593 g/mol. The Morgan fingerprint density at radius 2 is 1.47 bits per heavy atom. The van der Waals surface area contributed by atoms with Crippen molar-refractivity contribution in [3.63, 3.8) is 0 Å². The fourth-order valence-electron chi connectivity index (χ4n) is 4.11. The molecule has 0 aliphatic carbocycles. The molecule has 8 nitrogen and oxygen atoms in total. The summed E-state index contributed by atoms with van der Waals surface area (Å²) in [7, 11) is -7.97. The Morgan fingerprint density at radius 1 is 0.842 bits per heavy atom. The summed E-state index contributed by atoms with van der Waals surface area (Å²) >= 11 is 7.37. The number of likely N-dealkylation sites (tertiary alicyclic amines) is 1. The number of anilines is 2. The van der Waals surface area contributed by atoms with Crippen LogP contribution in [0.2, 0.25) is 5.02 Å². The Balaban J connectivity index is 1.54. The van der Waals surface area contributed by atoms with Crippen LogP contribution < -0.4 is 9.44 Å². The Bertz CT molecular complexity index is 1550. The fraction of sp³-hybridized carbons (Fsp3) is 0.269. The van der Waals surface area contributed by atoms with Crippen LogP contribution >= 0.6 is 23.4 Å². The number of nitrogens with zero attached hydrogens (tertiary/aromatic N) is 1. The molecule has 1 saturated heterocycles. The molecule has 0 saturated carbocycles. The quantitative estimate of drug-likeness (QED) is 0.329. The molecule has 12 heteroatoms. The molecular formula is C26H28ClN3O5S3. The van der Waals surface area contributed by atoms with Crippen LogP contribution in [-0.4, -0.2) is 47.0 Å². The third kappa shape index (κ3) is 6.45. The van der Waals surface area contributed by atoms with Crippen molar-refractivity contribution in [2.24, 2.45) is 0 Å². The van der Waals surface area contributed by atoms with E-state index in [0.29, 0.717) is 39.8 Å². The summed E-state index contributed by atoms with van der Waals surface area (Å²) in [5.41, 5.74) is 1.59. The van der Waals surface area contributed by atoms with Crippen molar-refractivity contribution < 1.29 is 21.6 Å². The minimum Gasteiger partial charge on any atom is -0.339 e. The van der Waals surface area contributed by atoms with Crippen molar-refractivity contribution in [2.45, 2.75) is 40.9 Å². The minimum absolute atomic E-state index is 0.0430. The van der Waals surface area contributed by atoms with Gasteiger partial charge < -0.3 is 4.90 Å². The summed E-state index contributed by atoms with van der Waals surface area (Å²) in [6.45, 7) is 3.06. The van der Waals surface area contributed by atoms with E-state index in [1.807, 2.05) is 6.26 Å². The highest BCUT2D eigenvalue weighted by Crippen LogP contribution is 2.28. The number of aryl methyl sites for hydroxylation is 1. The number of rotatable bonds is 8. The average Bonchev–Trinajstić information content (AvgIpc) is 2.90. The SMILES string of the molecule is CSc1ccc(S(=O)(=O)Nc2ccc(S(=O)(=O)Nc3cc(Cl)ccc3C)cc2)cc1C(=O)N1CCCCC1. The van der Waals surface area contributed by atoms with E-state index in [1.165, 1.54) is 54.2 Å². The van der Waals surface area contributed by atoms with Crippen LogP contribution in [0.5, 0.6) is 0 Å². The largest absolute Gasteiger partial charge is 0.339 e. The Morgan fingerprint density at radius 3 is 2.13 bits per heavy atom. The number of piperidine rings is 1. The first kappa shape index (κ1) is 28.3. The number of hydrogen-bond acceptors (Lipinski definition) is 6. The zero-order valence-electron chi connectivity index (χ0n) is 20.9. The molecule has 4 rings (SSSR count). The third-order valence-electron chi connectivity index (χ3n) is 6.22. The molecule has 1 amide bonds. The number of benzene rings is 3. The molecule has 1 aliphatic heterocycles. The second-order valence-electron chi connectivity index (χ2n) is 8.91. The summed E-state index contributed by atoms with van der Waals surface area (Å²) in [5, 5.41) is 0.393. The van der Waals surface area contributed by atoms with Crippen LogP contribution in [0.3, 0.4) is 0 Å². The van der Waals surface area contributed by atoms with Gasteiger partial charge in [0.15, 0.2) is 0 Å². The second kappa shape index (κ2) is 11.6. The Labute approximate surface area is 232 Å². The van der Waals surface area contributed by atoms with Crippen LogP contribution in [0.4, 0.5) is 11.4 Å². The van der Waals surface area contributed by atoms with Gasteiger partial charge in [0.05, 0.1) is 21.0 Å². The van der Waals surface area contributed by atoms with E-state index in [1.54, 1.807) is 30.0 Å². The van der Waals surface area contributed by atoms with E-state index in [4.69, 9.17) is 11.6 Å². The van der Waals surface area contributed by atoms with Gasteiger partial charge in [0.1, 0.15) is 0 Å². The van der Waals surface area contributed by atoms with Crippen molar-refractivity contribution in [3.8, 4) is 0 Å². The summed E-state index contributed by atoms with van der Waals surface area (Å²) in [5.74, 6) is -0.178. The van der Waals surface area contributed by atoms with Crippen LogP contribution in [-0.2, 0) is 20.0 Å². The number of nitrogens with one attached hydrogen (secondary N) is 2. The van der Waals surface area contributed by atoms with Crippen molar-refractivity contribution in [2.75, 3.05) is 28.8 Å². The summed E-state index contributed by atoms with van der Waals surface area (Å²) in [6, 6.07) is 14.7. The normalized spacial score (nSPS) is 14.2. The first-order valence-corrected chi connectivity index (χ1v) is 16.5. The molecule has 2 N–H and O–H groups in total. The van der Waals surface area contributed by atoms with E-state index in [0.717, 1.165) is 19.3 Å². The van der Waals surface area contributed by atoms with E-state index >= 15 is 0 Å². The first-order chi connectivity index (χ1) is 18.0. The van der Waals surface area contributed by atoms with Gasteiger partial charge in [-0.05, 0) is 92.6 Å². The molecule has 202 valence electrons. The highest BCUT2D eigenvalue weighted by atomic mass is 35.5. The van der Waals surface area contributed by atoms with Crippen LogP contribution in [0, 0.1) is 6.92 Å². The summed E-state index contributed by atoms with van der Waals surface area (Å²) in [4.78, 5) is 15.5. The first-order valence-electron chi connectivity index (χ1n) is 11.9. The van der Waals surface area contributed by atoms with E-state index in [2.05, 4.69) is 9.44 Å². The lowest BCUT2D eigenvalue weighted by Crippen LogP contribution is -2.36. The van der Waals surface area contributed by atoms with Gasteiger partial charge in [-0.15, -0.1) is 11.8 Å². The smallest absolute Gasteiger partial charge is 0.261 e. The lowest BCUT2D eigenvalue weighted by molar-refractivity contribution is 0.0720. The number of halogens is 1. The van der Waals surface area contributed by atoms with Gasteiger partial charge in [-0.2, -0.15) is 0 Å². The van der Waals surface area contributed by atoms with Crippen LogP contribution in [0.15, 0.2) is 75.4 Å². The number of carbonyl (C=O) groups is 1. The van der Waals surface area contributed by atoms with Gasteiger partial charge in [-0.1, -0.05) is 17.7 Å². The molecule has 0 spiro atoms. The average molecular weight is 594 g/mol. The second-order valence-corrected chi connectivity index (χ2v) is 13.6. The molecule has 0 aromatic heterocycles. The number of amides is 1. The Hall–Kier alpha value is -2.73. The standard InChI is InChI=1S/C26H28ClN3O5S3/c1-18-6-7-19(27)16-24(18)29-37(32,33)21-10-8-20(9-11-21)28-38(34,35)22-12-13-25(36-2)23(17-22)26(31)30-14-4-3-5-15-30/h6-13,16-17,28-29H,3-5,14-15H2,1-2H3. The summed E-state index contributed by atoms with van der Waals surface area (Å²) in [6.07, 6.45) is 4.78. The number of carbonyl (C=O) groups excluding carboxylic acids is 1. The van der Waals surface area contributed by atoms with Gasteiger partial charge in [0.2, 0.25) is 0 Å². The van der Waals surface area contributed by atoms with Crippen molar-refractivity contribution in [1.82, 2.24) is 4.90 Å². The molecule has 0 unspecified atom stereocenters. The van der Waals surface area contributed by atoms with Gasteiger partial charge in [-0.25, -0.2) is 16.8 Å². The zero-order chi connectivity index (χ0) is 27.5. The van der Waals surface area contributed by atoms with Crippen LogP contribution in [0.1, 0.15) is 35.2 Å². The molecular weight excluding hydrogens is 566 g/mol. The molecule has 0 radical (unpaired) electrons. The predicted octanol–water partition coefficient (Wildman–Crippen LogP) is 5.60. The number of sulfonamides is 2. The van der Waals surface area contributed by atoms with Gasteiger partial charge >= 0.3 is 0 Å². The maximum atomic E-state index is 13.2. The van der Waals surface area contributed by atoms with E-state index < -0.39 is 20.0 Å². The maximum absolute atomic E-state index is 13.2. The maximum Gasteiger partial charge on any atom is 0.261 e. The van der Waals surface area contributed by atoms with Gasteiger partial charge in [0, 0.05) is 28.7 Å². The highest BCUT2D eigenvalue weighted by Gasteiger charge is 2.24. The lowest BCUT2D eigenvalue weighted by Gasteiger charge is -2.27. The molecule has 0 bridgehead atoms. The minimum atomic E-state index is -4.04. The highest BCUT2D eigenvalue weighted by molar-refractivity contribution is 7.98. The fourth-order valence-corrected chi connectivity index (χ4v) is 7.06. The van der Waals surface area contributed by atoms with Crippen molar-refractivity contribution in [3.05, 3.63) is 76.8 Å². The topological polar surface area (TPSA) is 113 Å². The molecule has 38 heavy (non-hydrogen) atoms. The lowest BCUT2D eigenvalue weighted by atomic mass is 10.1. The number of hydrogen-bond donors (Lipinski definition) is 2. The molecule has 3 aromatic carbocycles. The molecule has 1 aliphatic rings. The van der Waals surface area contributed by atoms with Crippen molar-refractivity contribution >= 4 is 60.7 Å². The van der Waals surface area contributed by atoms with Gasteiger partial charge in [0.25, 0.3) is 26.0 Å². The molecule has 1 heterocycles.